The zero-order chi connectivity index (χ0) is 28.0. The molecule has 1 saturated carbocycles. The average molecular weight is 579 g/mol. The van der Waals surface area contributed by atoms with Gasteiger partial charge < -0.3 is 29.2 Å². The molecule has 2 atom stereocenters. The van der Waals surface area contributed by atoms with Crippen LogP contribution in [-0.4, -0.2) is 80.3 Å². The van der Waals surface area contributed by atoms with Gasteiger partial charge in [0, 0.05) is 24.9 Å². The summed E-state index contributed by atoms with van der Waals surface area (Å²) < 4.78 is 39.0. The molecule has 1 aromatic carbocycles. The highest BCUT2D eigenvalue weighted by atomic mass is 35.5. The fourth-order valence-electron chi connectivity index (χ4n) is 5.88. The Hall–Kier alpha value is -2.40. The Labute approximate surface area is 239 Å². The van der Waals surface area contributed by atoms with Gasteiger partial charge in [0.2, 0.25) is 0 Å². The van der Waals surface area contributed by atoms with Gasteiger partial charge in [-0.15, -0.1) is 0 Å². The van der Waals surface area contributed by atoms with E-state index in [1.54, 1.807) is 0 Å². The molecule has 1 N–H and O–H groups in total. The van der Waals surface area contributed by atoms with E-state index in [2.05, 4.69) is 27.4 Å². The van der Waals surface area contributed by atoms with Gasteiger partial charge in [-0.1, -0.05) is 11.6 Å². The molecule has 0 bridgehead atoms. The molecule has 5 rings (SSSR count). The monoisotopic (exact) mass is 578 g/mol. The minimum absolute atomic E-state index is 0.00445. The molecule has 2 aliphatic heterocycles. The first-order valence-electron chi connectivity index (χ1n) is 14.4. The maximum atomic E-state index is 14.9. The van der Waals surface area contributed by atoms with Gasteiger partial charge in [-0.25, -0.2) is 9.07 Å². The van der Waals surface area contributed by atoms with Gasteiger partial charge in [-0.3, -0.25) is 4.79 Å². The fraction of sp³-hybridized carbons (Fsp3) is 0.655. The third kappa shape index (κ3) is 7.08. The van der Waals surface area contributed by atoms with E-state index in [0.29, 0.717) is 51.6 Å². The Balaban J connectivity index is 1.24. The van der Waals surface area contributed by atoms with Crippen LogP contribution in [0.25, 0.3) is 0 Å². The van der Waals surface area contributed by atoms with Crippen LogP contribution >= 0.6 is 11.6 Å². The number of anilines is 2. The van der Waals surface area contributed by atoms with Crippen LogP contribution in [0.3, 0.4) is 0 Å². The summed E-state index contributed by atoms with van der Waals surface area (Å²) in [5, 5.41) is 7.47. The molecule has 9 nitrogen and oxygen atoms in total. The van der Waals surface area contributed by atoms with Gasteiger partial charge in [-0.2, -0.15) is 5.10 Å². The third-order valence-corrected chi connectivity index (χ3v) is 8.40. The lowest BCUT2D eigenvalue weighted by Gasteiger charge is -2.40. The average Bonchev–Trinajstić information content (AvgIpc) is 2.98. The van der Waals surface area contributed by atoms with Crippen molar-refractivity contribution >= 4 is 23.0 Å². The van der Waals surface area contributed by atoms with Gasteiger partial charge in [0.05, 0.1) is 63.6 Å². The van der Waals surface area contributed by atoms with E-state index in [1.165, 1.54) is 10.9 Å². The second kappa shape index (κ2) is 13.5. The lowest BCUT2D eigenvalue weighted by molar-refractivity contribution is -0.0847. The van der Waals surface area contributed by atoms with E-state index in [9.17, 15) is 9.18 Å². The Bertz CT molecular complexity index is 1150. The van der Waals surface area contributed by atoms with Crippen molar-refractivity contribution in [3.63, 3.8) is 0 Å². The first kappa shape index (κ1) is 29.1. The largest absolute Gasteiger partial charge is 0.494 e. The molecule has 0 radical (unpaired) electrons. The van der Waals surface area contributed by atoms with Gasteiger partial charge in [0.1, 0.15) is 10.8 Å². The maximum Gasteiger partial charge on any atom is 0.287 e. The van der Waals surface area contributed by atoms with Crippen molar-refractivity contribution < 1.29 is 23.3 Å². The van der Waals surface area contributed by atoms with Crippen molar-refractivity contribution in [1.29, 1.82) is 0 Å². The summed E-state index contributed by atoms with van der Waals surface area (Å²) in [5.74, 6) is 0.848. The molecule has 11 heteroatoms. The number of rotatable bonds is 10. The minimum atomic E-state index is -1.47. The van der Waals surface area contributed by atoms with Crippen molar-refractivity contribution in [1.82, 2.24) is 9.78 Å². The molecule has 0 spiro atoms. The normalized spacial score (nSPS) is 27.2. The van der Waals surface area contributed by atoms with Crippen LogP contribution in [0, 0.1) is 0 Å². The predicted octanol–water partition coefficient (Wildman–Crippen LogP) is 4.63. The number of ether oxygens (including phenoxy) is 4. The van der Waals surface area contributed by atoms with E-state index in [-0.39, 0.29) is 41.9 Å². The van der Waals surface area contributed by atoms with Gasteiger partial charge in [0.25, 0.3) is 5.56 Å². The van der Waals surface area contributed by atoms with Crippen molar-refractivity contribution in [2.24, 2.45) is 0 Å². The van der Waals surface area contributed by atoms with E-state index in [4.69, 9.17) is 30.5 Å². The lowest BCUT2D eigenvalue weighted by Crippen LogP contribution is -2.46. The molecule has 1 aliphatic carbocycles. The Kier molecular flexibility index (Phi) is 9.83. The van der Waals surface area contributed by atoms with Crippen LogP contribution in [0.1, 0.15) is 51.5 Å². The zero-order valence-electron chi connectivity index (χ0n) is 23.2. The smallest absolute Gasteiger partial charge is 0.287 e. The molecular weight excluding hydrogens is 539 g/mol. The lowest BCUT2D eigenvalue weighted by atomic mass is 9.89. The number of benzene rings is 1. The van der Waals surface area contributed by atoms with Gasteiger partial charge >= 0.3 is 0 Å². The summed E-state index contributed by atoms with van der Waals surface area (Å²) in [4.78, 5) is 15.6. The second-order valence-electron chi connectivity index (χ2n) is 10.9. The molecule has 0 amide bonds. The van der Waals surface area contributed by atoms with E-state index < -0.39 is 5.67 Å². The fourth-order valence-corrected chi connectivity index (χ4v) is 6.08. The van der Waals surface area contributed by atoms with Gasteiger partial charge in [0.15, 0.2) is 5.67 Å². The molecule has 2 saturated heterocycles. The predicted molar refractivity (Wildman–Crippen MR) is 153 cm³/mol. The number of nitrogens with zero attached hydrogens (tertiary/aromatic N) is 3. The number of alkyl halides is 1. The molecule has 3 aliphatic rings. The van der Waals surface area contributed by atoms with Crippen LogP contribution in [0.15, 0.2) is 35.3 Å². The molecule has 2 aromatic rings. The van der Waals surface area contributed by atoms with Gasteiger partial charge in [-0.05, 0) is 69.7 Å². The minimum Gasteiger partial charge on any atom is -0.494 e. The van der Waals surface area contributed by atoms with Crippen LogP contribution in [0.5, 0.6) is 5.75 Å². The number of hydrogen-bond donors (Lipinski definition) is 1. The zero-order valence-corrected chi connectivity index (χ0v) is 23.9. The second-order valence-corrected chi connectivity index (χ2v) is 11.3. The Morgan fingerprint density at radius 1 is 1.18 bits per heavy atom. The summed E-state index contributed by atoms with van der Waals surface area (Å²) in [6.45, 7) is 5.79. The summed E-state index contributed by atoms with van der Waals surface area (Å²) in [6.07, 6.45) is 6.00. The summed E-state index contributed by atoms with van der Waals surface area (Å²) in [5.41, 5.74) is -0.350. The highest BCUT2D eigenvalue weighted by Crippen LogP contribution is 2.34. The highest BCUT2D eigenvalue weighted by Gasteiger charge is 2.34. The number of hydrogen-bond acceptors (Lipinski definition) is 8. The number of aromatic nitrogens is 2. The Morgan fingerprint density at radius 3 is 2.65 bits per heavy atom. The van der Waals surface area contributed by atoms with Crippen LogP contribution in [-0.2, 0) is 14.2 Å². The van der Waals surface area contributed by atoms with Crippen molar-refractivity contribution in [3.05, 3.63) is 45.8 Å². The molecular formula is C29H40ClFN4O5. The number of halogens is 2. The SMILES string of the molecule is CCOc1ccc(N(C[C@H]2COCCO2)C2CCC(n3ncc(NC[C@]4(F)CCCOC4)c(Cl)c3=O)CC2)cc1. The molecule has 220 valence electrons. The standard InChI is InChI=1S/C29H40ClFN4O5/c1-2-39-24-10-8-22(9-11-24)34(17-25-18-37-14-15-40-25)21-4-6-23(7-5-21)35-28(36)27(30)26(16-33-35)32-19-29(31)12-3-13-38-20-29/h8-11,16,21,23,25,32H,2-7,12-15,17-20H2,1H3/t21?,23?,25-,29+/m0/s1. The summed E-state index contributed by atoms with van der Waals surface area (Å²) >= 11 is 6.45. The van der Waals surface area contributed by atoms with E-state index in [1.807, 2.05) is 19.1 Å². The van der Waals surface area contributed by atoms with Crippen LogP contribution in [0.4, 0.5) is 15.8 Å². The summed E-state index contributed by atoms with van der Waals surface area (Å²) in [7, 11) is 0. The molecule has 40 heavy (non-hydrogen) atoms. The van der Waals surface area contributed by atoms with Crippen LogP contribution in [0.2, 0.25) is 5.02 Å². The molecule has 1 aromatic heterocycles. The number of nitrogens with one attached hydrogen (secondary N) is 1. The first-order chi connectivity index (χ1) is 19.5. The first-order valence-corrected chi connectivity index (χ1v) is 14.8. The van der Waals surface area contributed by atoms with E-state index >= 15 is 0 Å². The van der Waals surface area contributed by atoms with E-state index in [0.717, 1.165) is 43.7 Å². The molecule has 0 unspecified atom stereocenters. The van der Waals surface area contributed by atoms with Crippen molar-refractivity contribution in [3.8, 4) is 5.75 Å². The van der Waals surface area contributed by atoms with Crippen molar-refractivity contribution in [2.75, 3.05) is 62.9 Å². The van der Waals surface area contributed by atoms with Crippen molar-refractivity contribution in [2.45, 2.75) is 69.3 Å². The topological polar surface area (TPSA) is 87.1 Å². The summed E-state index contributed by atoms with van der Waals surface area (Å²) in [6, 6.07) is 8.43. The maximum absolute atomic E-state index is 14.9. The Morgan fingerprint density at radius 2 is 1.98 bits per heavy atom. The third-order valence-electron chi connectivity index (χ3n) is 8.03. The molecule has 3 fully saturated rings. The highest BCUT2D eigenvalue weighted by molar-refractivity contribution is 6.32. The quantitative estimate of drug-likeness (QED) is 0.437. The van der Waals surface area contributed by atoms with Crippen LogP contribution < -0.4 is 20.5 Å². The molecule has 3 heterocycles.